The first kappa shape index (κ1) is 8.72. The van der Waals surface area contributed by atoms with Crippen LogP contribution in [0.25, 0.3) is 22.6 Å². The van der Waals surface area contributed by atoms with Crippen molar-refractivity contribution in [2.24, 2.45) is 0 Å². The quantitative estimate of drug-likeness (QED) is 0.598. The fraction of sp³-hybridized carbons (Fsp3) is 0. The Bertz CT molecular complexity index is 686. The summed E-state index contributed by atoms with van der Waals surface area (Å²) in [7, 11) is 0. The predicted molar refractivity (Wildman–Crippen MR) is 55.5 cm³/mol. The van der Waals surface area contributed by atoms with E-state index in [0.717, 1.165) is 0 Å². The highest BCUT2D eigenvalue weighted by molar-refractivity contribution is 5.74. The van der Waals surface area contributed by atoms with E-state index in [1.807, 2.05) is 0 Å². The molecule has 7 nitrogen and oxygen atoms in total. The number of hydrogen-bond acceptors (Lipinski definition) is 5. The Morgan fingerprint density at radius 2 is 2.25 bits per heavy atom. The van der Waals surface area contributed by atoms with Crippen LogP contribution in [0.5, 0.6) is 0 Å². The number of nitrogens with one attached hydrogen (secondary N) is 2. The van der Waals surface area contributed by atoms with Crippen LogP contribution in [0, 0.1) is 0 Å². The lowest BCUT2D eigenvalue weighted by Crippen LogP contribution is -2.09. The third-order valence-electron chi connectivity index (χ3n) is 2.13. The molecule has 0 unspecified atom stereocenters. The van der Waals surface area contributed by atoms with Crippen LogP contribution in [0.1, 0.15) is 0 Å². The first-order valence-corrected chi connectivity index (χ1v) is 4.56. The Labute approximate surface area is 88.6 Å². The highest BCUT2D eigenvalue weighted by Gasteiger charge is 2.07. The molecule has 16 heavy (non-hydrogen) atoms. The Balaban J connectivity index is 2.30. The molecule has 0 aliphatic carbocycles. The molecule has 0 aliphatic rings. The number of hydrogen-bond donors (Lipinski definition) is 2. The summed E-state index contributed by atoms with van der Waals surface area (Å²) in [5.74, 6) is 0.370. The number of fused-ring (bicyclic) bond motifs is 1. The molecule has 0 fully saturated rings. The zero-order chi connectivity index (χ0) is 11.0. The van der Waals surface area contributed by atoms with Gasteiger partial charge in [0.15, 0.2) is 11.5 Å². The minimum absolute atomic E-state index is 0.251. The summed E-state index contributed by atoms with van der Waals surface area (Å²) >= 11 is 0. The molecule has 0 saturated carbocycles. The van der Waals surface area contributed by atoms with E-state index in [2.05, 4.69) is 30.4 Å². The Kier molecular flexibility index (Phi) is 1.76. The molecule has 0 aromatic carbocycles. The molecule has 0 saturated heterocycles. The van der Waals surface area contributed by atoms with Crippen molar-refractivity contribution >= 4 is 11.0 Å². The van der Waals surface area contributed by atoms with Crippen LogP contribution < -0.4 is 5.56 Å². The summed E-state index contributed by atoms with van der Waals surface area (Å²) in [6, 6.07) is 3.44. The van der Waals surface area contributed by atoms with Crippen LogP contribution in [0.15, 0.2) is 29.3 Å². The summed E-state index contributed by atoms with van der Waals surface area (Å²) in [6.45, 7) is 0. The topological polar surface area (TPSA) is 100 Å². The van der Waals surface area contributed by atoms with Gasteiger partial charge in [0, 0.05) is 6.20 Å². The molecule has 3 heterocycles. The number of nitrogens with zero attached hydrogens (tertiary/aromatic N) is 4. The van der Waals surface area contributed by atoms with Crippen LogP contribution in [0.3, 0.4) is 0 Å². The average molecular weight is 214 g/mol. The third kappa shape index (κ3) is 1.26. The van der Waals surface area contributed by atoms with Gasteiger partial charge >= 0.3 is 0 Å². The molecule has 0 aliphatic heterocycles. The summed E-state index contributed by atoms with van der Waals surface area (Å²) in [5.41, 5.74) is 0.694. The lowest BCUT2D eigenvalue weighted by atomic mass is 10.3. The maximum atomic E-state index is 11.6. The van der Waals surface area contributed by atoms with Gasteiger partial charge in [-0.15, -0.1) is 5.10 Å². The van der Waals surface area contributed by atoms with Crippen LogP contribution >= 0.6 is 0 Å². The Morgan fingerprint density at radius 1 is 1.31 bits per heavy atom. The molecule has 3 rings (SSSR count). The fourth-order valence-electron chi connectivity index (χ4n) is 1.39. The molecule has 3 aromatic heterocycles. The second kappa shape index (κ2) is 3.23. The summed E-state index contributed by atoms with van der Waals surface area (Å²) < 4.78 is 0. The highest BCUT2D eigenvalue weighted by Crippen LogP contribution is 2.10. The predicted octanol–water partition coefficient (Wildman–Crippen LogP) is 0.103. The van der Waals surface area contributed by atoms with Crippen LogP contribution in [-0.2, 0) is 0 Å². The minimum Gasteiger partial charge on any atom is -0.304 e. The van der Waals surface area contributed by atoms with Gasteiger partial charge in [0.2, 0.25) is 0 Å². The van der Waals surface area contributed by atoms with Crippen molar-refractivity contribution in [1.82, 2.24) is 30.4 Å². The van der Waals surface area contributed by atoms with E-state index in [0.29, 0.717) is 22.6 Å². The standard InChI is InChI=1S/C9H6N6O/c16-9-5-4-11-15-7(5)12-8(13-9)6-2-1-3-10-14-6/h1-4H,(H2,11,12,13,15,16). The summed E-state index contributed by atoms with van der Waals surface area (Å²) in [4.78, 5) is 18.4. The molecule has 0 amide bonds. The van der Waals surface area contributed by atoms with E-state index in [4.69, 9.17) is 0 Å². The molecule has 2 N–H and O–H groups in total. The average Bonchev–Trinajstić information content (AvgIpc) is 2.79. The second-order valence-electron chi connectivity index (χ2n) is 3.16. The number of rotatable bonds is 1. The van der Waals surface area contributed by atoms with Crippen molar-refractivity contribution in [3.63, 3.8) is 0 Å². The van der Waals surface area contributed by atoms with Crippen LogP contribution in [0.2, 0.25) is 0 Å². The maximum absolute atomic E-state index is 11.6. The van der Waals surface area contributed by atoms with Gasteiger partial charge in [0.05, 0.1) is 6.20 Å². The van der Waals surface area contributed by atoms with Crippen LogP contribution in [0.4, 0.5) is 0 Å². The van der Waals surface area contributed by atoms with Gasteiger partial charge in [-0.1, -0.05) is 0 Å². The monoisotopic (exact) mass is 214 g/mol. The normalized spacial score (nSPS) is 10.8. The van der Waals surface area contributed by atoms with Crippen molar-refractivity contribution < 1.29 is 0 Å². The second-order valence-corrected chi connectivity index (χ2v) is 3.16. The van der Waals surface area contributed by atoms with Gasteiger partial charge in [0.25, 0.3) is 5.56 Å². The molecule has 7 heteroatoms. The fourth-order valence-corrected chi connectivity index (χ4v) is 1.39. The van der Waals surface area contributed by atoms with Crippen molar-refractivity contribution in [3.8, 4) is 11.5 Å². The largest absolute Gasteiger partial charge is 0.304 e. The molecule has 0 bridgehead atoms. The number of H-pyrrole nitrogens is 2. The lowest BCUT2D eigenvalue weighted by Gasteiger charge is -1.97. The minimum atomic E-state index is -0.251. The molecule has 3 aromatic rings. The van der Waals surface area contributed by atoms with Gasteiger partial charge in [-0.25, -0.2) is 4.98 Å². The van der Waals surface area contributed by atoms with Gasteiger partial charge in [-0.05, 0) is 12.1 Å². The maximum Gasteiger partial charge on any atom is 0.262 e. The SMILES string of the molecule is O=c1[nH]c(-c2cccnn2)nc2[nH]ncc12. The van der Waals surface area contributed by atoms with E-state index >= 15 is 0 Å². The molecule has 78 valence electrons. The molecule has 0 atom stereocenters. The highest BCUT2D eigenvalue weighted by atomic mass is 16.1. The van der Waals surface area contributed by atoms with E-state index in [1.165, 1.54) is 6.20 Å². The molecule has 0 radical (unpaired) electrons. The lowest BCUT2D eigenvalue weighted by molar-refractivity contribution is 1.01. The number of aromatic amines is 2. The van der Waals surface area contributed by atoms with Crippen molar-refractivity contribution in [1.29, 1.82) is 0 Å². The van der Waals surface area contributed by atoms with Crippen molar-refractivity contribution in [2.45, 2.75) is 0 Å². The summed E-state index contributed by atoms with van der Waals surface area (Å²) in [5, 5.41) is 14.4. The third-order valence-corrected chi connectivity index (χ3v) is 2.13. The Morgan fingerprint density at radius 3 is 3.06 bits per heavy atom. The smallest absolute Gasteiger partial charge is 0.262 e. The van der Waals surface area contributed by atoms with E-state index in [1.54, 1.807) is 18.3 Å². The van der Waals surface area contributed by atoms with Gasteiger partial charge in [-0.3, -0.25) is 9.89 Å². The van der Waals surface area contributed by atoms with E-state index in [9.17, 15) is 4.79 Å². The van der Waals surface area contributed by atoms with E-state index < -0.39 is 0 Å². The first-order valence-electron chi connectivity index (χ1n) is 4.56. The number of aromatic nitrogens is 6. The summed E-state index contributed by atoms with van der Waals surface area (Å²) in [6.07, 6.45) is 2.98. The Hall–Kier alpha value is -2.57. The molecular formula is C9H6N6O. The molecule has 0 spiro atoms. The zero-order valence-electron chi connectivity index (χ0n) is 8.01. The zero-order valence-corrected chi connectivity index (χ0v) is 8.01. The van der Waals surface area contributed by atoms with Gasteiger partial charge < -0.3 is 4.98 Å². The van der Waals surface area contributed by atoms with Gasteiger partial charge in [-0.2, -0.15) is 10.2 Å². The molecular weight excluding hydrogens is 208 g/mol. The first-order chi connectivity index (χ1) is 7.84. The van der Waals surface area contributed by atoms with E-state index in [-0.39, 0.29) is 5.56 Å². The van der Waals surface area contributed by atoms with Gasteiger partial charge in [0.1, 0.15) is 11.1 Å². The van der Waals surface area contributed by atoms with Crippen molar-refractivity contribution in [2.75, 3.05) is 0 Å². The van der Waals surface area contributed by atoms with Crippen molar-refractivity contribution in [3.05, 3.63) is 34.9 Å². The van der Waals surface area contributed by atoms with Crippen LogP contribution in [-0.4, -0.2) is 30.4 Å².